The summed E-state index contributed by atoms with van der Waals surface area (Å²) in [6.45, 7) is 5.32. The van der Waals surface area contributed by atoms with Crippen molar-refractivity contribution in [1.82, 2.24) is 0 Å². The maximum absolute atomic E-state index is 11.5. The molecule has 0 saturated carbocycles. The average molecular weight is 278 g/mol. The van der Waals surface area contributed by atoms with Crippen molar-refractivity contribution in [3.05, 3.63) is 42.0 Å². The van der Waals surface area contributed by atoms with Gasteiger partial charge in [-0.25, -0.2) is 9.59 Å². The van der Waals surface area contributed by atoms with E-state index in [0.717, 1.165) is 12.0 Å². The SMILES string of the molecule is C=CCOC(=O)COc1cc(CC)cc(C(=O)OC)c1. The Morgan fingerprint density at radius 3 is 2.65 bits per heavy atom. The third-order valence-corrected chi connectivity index (χ3v) is 2.51. The summed E-state index contributed by atoms with van der Waals surface area (Å²) in [5.41, 5.74) is 1.31. The van der Waals surface area contributed by atoms with Crippen molar-refractivity contribution < 1.29 is 23.8 Å². The van der Waals surface area contributed by atoms with E-state index in [2.05, 4.69) is 11.3 Å². The largest absolute Gasteiger partial charge is 0.482 e. The molecule has 5 nitrogen and oxygen atoms in total. The van der Waals surface area contributed by atoms with E-state index in [-0.39, 0.29) is 13.2 Å². The molecule has 0 fully saturated rings. The summed E-state index contributed by atoms with van der Waals surface area (Å²) in [6.07, 6.45) is 2.22. The smallest absolute Gasteiger partial charge is 0.344 e. The fourth-order valence-corrected chi connectivity index (χ4v) is 1.52. The van der Waals surface area contributed by atoms with E-state index in [0.29, 0.717) is 11.3 Å². The number of hydrogen-bond acceptors (Lipinski definition) is 5. The van der Waals surface area contributed by atoms with Gasteiger partial charge in [0.15, 0.2) is 6.61 Å². The van der Waals surface area contributed by atoms with Gasteiger partial charge in [-0.2, -0.15) is 0 Å². The summed E-state index contributed by atoms with van der Waals surface area (Å²) >= 11 is 0. The minimum atomic E-state index is -0.494. The highest BCUT2D eigenvalue weighted by molar-refractivity contribution is 5.90. The van der Waals surface area contributed by atoms with Gasteiger partial charge in [-0.15, -0.1) is 0 Å². The number of hydrogen-bond donors (Lipinski definition) is 0. The molecule has 0 bridgehead atoms. The number of carbonyl (C=O) groups excluding carboxylic acids is 2. The van der Waals surface area contributed by atoms with E-state index in [4.69, 9.17) is 9.47 Å². The van der Waals surface area contributed by atoms with E-state index >= 15 is 0 Å². The molecule has 0 atom stereocenters. The Morgan fingerprint density at radius 2 is 2.05 bits per heavy atom. The molecule has 0 aliphatic rings. The molecular formula is C15H18O5. The molecule has 0 heterocycles. The molecule has 0 aromatic heterocycles. The lowest BCUT2D eigenvalue weighted by Crippen LogP contribution is -2.15. The molecule has 5 heteroatoms. The second-order valence-corrected chi connectivity index (χ2v) is 3.97. The second-order valence-electron chi connectivity index (χ2n) is 3.97. The molecule has 0 amide bonds. The number of aryl methyl sites for hydroxylation is 1. The number of esters is 2. The van der Waals surface area contributed by atoms with Crippen LogP contribution in [0.15, 0.2) is 30.9 Å². The van der Waals surface area contributed by atoms with Gasteiger partial charge < -0.3 is 14.2 Å². The lowest BCUT2D eigenvalue weighted by Gasteiger charge is -2.09. The summed E-state index contributed by atoms with van der Waals surface area (Å²) in [5, 5.41) is 0. The maximum Gasteiger partial charge on any atom is 0.344 e. The van der Waals surface area contributed by atoms with Gasteiger partial charge in [-0.1, -0.05) is 19.6 Å². The molecule has 0 N–H and O–H groups in total. The highest BCUT2D eigenvalue weighted by Crippen LogP contribution is 2.18. The molecule has 108 valence electrons. The van der Waals surface area contributed by atoms with Crippen LogP contribution < -0.4 is 4.74 Å². The highest BCUT2D eigenvalue weighted by Gasteiger charge is 2.10. The summed E-state index contributed by atoms with van der Waals surface area (Å²) in [7, 11) is 1.31. The van der Waals surface area contributed by atoms with E-state index in [1.807, 2.05) is 6.92 Å². The molecule has 0 aliphatic heterocycles. The predicted octanol–water partition coefficient (Wildman–Crippen LogP) is 2.14. The zero-order valence-electron chi connectivity index (χ0n) is 11.7. The Balaban J connectivity index is 2.76. The zero-order valence-corrected chi connectivity index (χ0v) is 11.7. The molecule has 0 spiro atoms. The van der Waals surface area contributed by atoms with Crippen molar-refractivity contribution in [2.75, 3.05) is 20.3 Å². The van der Waals surface area contributed by atoms with Crippen LogP contribution in [0.4, 0.5) is 0 Å². The van der Waals surface area contributed by atoms with Crippen molar-refractivity contribution in [3.8, 4) is 5.75 Å². The molecule has 0 radical (unpaired) electrons. The predicted molar refractivity (Wildman–Crippen MR) is 73.8 cm³/mol. The second kappa shape index (κ2) is 7.99. The van der Waals surface area contributed by atoms with E-state index in [9.17, 15) is 9.59 Å². The van der Waals surface area contributed by atoms with Crippen LogP contribution in [-0.4, -0.2) is 32.3 Å². The third-order valence-electron chi connectivity index (χ3n) is 2.51. The van der Waals surface area contributed by atoms with Gasteiger partial charge in [0, 0.05) is 0 Å². The van der Waals surface area contributed by atoms with Crippen LogP contribution in [0, 0.1) is 0 Å². The van der Waals surface area contributed by atoms with Crippen molar-refractivity contribution in [1.29, 1.82) is 0 Å². The van der Waals surface area contributed by atoms with Crippen LogP contribution in [0.2, 0.25) is 0 Å². The van der Waals surface area contributed by atoms with Crippen LogP contribution >= 0.6 is 0 Å². The quantitative estimate of drug-likeness (QED) is 0.565. The minimum absolute atomic E-state index is 0.143. The minimum Gasteiger partial charge on any atom is -0.482 e. The first kappa shape index (κ1) is 15.8. The lowest BCUT2D eigenvalue weighted by molar-refractivity contribution is -0.144. The molecule has 1 aromatic carbocycles. The fourth-order valence-electron chi connectivity index (χ4n) is 1.52. The molecule has 0 unspecified atom stereocenters. The van der Waals surface area contributed by atoms with E-state index in [1.165, 1.54) is 19.3 Å². The Hall–Kier alpha value is -2.30. The normalized spacial score (nSPS) is 9.70. The molecule has 1 rings (SSSR count). The van der Waals surface area contributed by atoms with Gasteiger partial charge in [-0.05, 0) is 30.2 Å². The molecule has 1 aromatic rings. The van der Waals surface area contributed by atoms with Crippen molar-refractivity contribution >= 4 is 11.9 Å². The van der Waals surface area contributed by atoms with Crippen molar-refractivity contribution in [3.63, 3.8) is 0 Å². The number of benzene rings is 1. The Morgan fingerprint density at radius 1 is 1.30 bits per heavy atom. The first-order valence-electron chi connectivity index (χ1n) is 6.22. The number of rotatable bonds is 7. The first-order chi connectivity index (χ1) is 9.60. The number of methoxy groups -OCH3 is 1. The molecular weight excluding hydrogens is 260 g/mol. The van der Waals surface area contributed by atoms with Crippen molar-refractivity contribution in [2.24, 2.45) is 0 Å². The Bertz CT molecular complexity index is 493. The standard InChI is InChI=1S/C15H18O5/c1-4-6-19-14(16)10-20-13-8-11(5-2)7-12(9-13)15(17)18-3/h4,7-9H,1,5-6,10H2,2-3H3. The summed E-state index contributed by atoms with van der Waals surface area (Å²) in [6, 6.07) is 5.04. The van der Waals surface area contributed by atoms with E-state index < -0.39 is 11.9 Å². The summed E-state index contributed by atoms with van der Waals surface area (Å²) < 4.78 is 14.8. The number of carbonyl (C=O) groups is 2. The van der Waals surface area contributed by atoms with Gasteiger partial charge in [0.25, 0.3) is 0 Å². The number of ether oxygens (including phenoxy) is 3. The summed E-state index contributed by atoms with van der Waals surface area (Å²) in [4.78, 5) is 22.9. The monoisotopic (exact) mass is 278 g/mol. The van der Waals surface area contributed by atoms with Crippen LogP contribution in [0.5, 0.6) is 5.75 Å². The van der Waals surface area contributed by atoms with Crippen LogP contribution in [0.25, 0.3) is 0 Å². The lowest BCUT2D eigenvalue weighted by atomic mass is 10.1. The van der Waals surface area contributed by atoms with Gasteiger partial charge >= 0.3 is 11.9 Å². The topological polar surface area (TPSA) is 61.8 Å². The molecule has 0 aliphatic carbocycles. The van der Waals surface area contributed by atoms with Gasteiger partial charge in [-0.3, -0.25) is 0 Å². The Labute approximate surface area is 118 Å². The zero-order chi connectivity index (χ0) is 15.0. The first-order valence-corrected chi connectivity index (χ1v) is 6.22. The van der Waals surface area contributed by atoms with Crippen LogP contribution in [-0.2, 0) is 20.7 Å². The van der Waals surface area contributed by atoms with Crippen molar-refractivity contribution in [2.45, 2.75) is 13.3 Å². The average Bonchev–Trinajstić information content (AvgIpc) is 2.49. The summed E-state index contributed by atoms with van der Waals surface area (Å²) in [5.74, 6) is -0.508. The maximum atomic E-state index is 11.5. The van der Waals surface area contributed by atoms with Crippen LogP contribution in [0.3, 0.4) is 0 Å². The van der Waals surface area contributed by atoms with E-state index in [1.54, 1.807) is 12.1 Å². The van der Waals surface area contributed by atoms with Gasteiger partial charge in [0.1, 0.15) is 12.4 Å². The highest BCUT2D eigenvalue weighted by atomic mass is 16.6. The van der Waals surface area contributed by atoms with Gasteiger partial charge in [0.05, 0.1) is 12.7 Å². The third kappa shape index (κ3) is 4.76. The molecule has 20 heavy (non-hydrogen) atoms. The van der Waals surface area contributed by atoms with Gasteiger partial charge in [0.2, 0.25) is 0 Å². The fraction of sp³-hybridized carbons (Fsp3) is 0.333. The Kier molecular flexibility index (Phi) is 6.29. The van der Waals surface area contributed by atoms with Crippen LogP contribution in [0.1, 0.15) is 22.8 Å². The molecule has 0 saturated heterocycles.